The molecule has 1 amide bonds. The fraction of sp³-hybridized carbons (Fsp3) is 0.462. The smallest absolute Gasteiger partial charge is 0.235 e. The summed E-state index contributed by atoms with van der Waals surface area (Å²) in [7, 11) is 0. The van der Waals surface area contributed by atoms with E-state index in [4.69, 9.17) is 11.5 Å². The molecule has 1 unspecified atom stereocenters. The Morgan fingerprint density at radius 3 is 2.53 bits per heavy atom. The van der Waals surface area contributed by atoms with Crippen LogP contribution in [0.5, 0.6) is 0 Å². The maximum absolute atomic E-state index is 11.0. The number of hydrogen-bond donors (Lipinski definition) is 2. The van der Waals surface area contributed by atoms with Crippen molar-refractivity contribution in [2.75, 3.05) is 13.1 Å². The molecule has 1 atom stereocenters. The van der Waals surface area contributed by atoms with E-state index in [1.54, 1.807) is 0 Å². The Balaban J connectivity index is 2.57. The third-order valence-electron chi connectivity index (χ3n) is 2.61. The molecule has 1 rings (SSSR count). The zero-order valence-electron chi connectivity index (χ0n) is 10.3. The van der Waals surface area contributed by atoms with Crippen LogP contribution in [0.4, 0.5) is 0 Å². The number of nitrogens with two attached hydrogens (primary N) is 2. The van der Waals surface area contributed by atoms with Crippen LogP contribution in [0, 0.1) is 0 Å². The van der Waals surface area contributed by atoms with E-state index in [0.29, 0.717) is 6.54 Å². The van der Waals surface area contributed by atoms with Crippen LogP contribution in [0.25, 0.3) is 0 Å². The molecule has 1 aromatic rings. The van der Waals surface area contributed by atoms with Gasteiger partial charge in [-0.2, -0.15) is 0 Å². The van der Waals surface area contributed by atoms with E-state index in [-0.39, 0.29) is 0 Å². The average molecular weight is 235 g/mol. The molecular weight excluding hydrogens is 214 g/mol. The van der Waals surface area contributed by atoms with Crippen LogP contribution in [-0.4, -0.2) is 29.9 Å². The Morgan fingerprint density at radius 1 is 1.35 bits per heavy atom. The summed E-state index contributed by atoms with van der Waals surface area (Å²) in [4.78, 5) is 13.1. The summed E-state index contributed by atoms with van der Waals surface area (Å²) in [5, 5.41) is 0. The summed E-state index contributed by atoms with van der Waals surface area (Å²) < 4.78 is 0. The van der Waals surface area contributed by atoms with E-state index in [2.05, 4.69) is 24.0 Å². The lowest BCUT2D eigenvalue weighted by Gasteiger charge is -2.23. The van der Waals surface area contributed by atoms with E-state index in [9.17, 15) is 4.79 Å². The molecule has 0 aliphatic rings. The quantitative estimate of drug-likeness (QED) is 0.731. The van der Waals surface area contributed by atoms with Crippen LogP contribution in [0.3, 0.4) is 0 Å². The highest BCUT2D eigenvalue weighted by atomic mass is 16.1. The molecule has 17 heavy (non-hydrogen) atoms. The number of amides is 1. The van der Waals surface area contributed by atoms with Crippen molar-refractivity contribution in [2.45, 2.75) is 25.9 Å². The highest BCUT2D eigenvalue weighted by molar-refractivity contribution is 5.79. The molecule has 0 heterocycles. The van der Waals surface area contributed by atoms with E-state index >= 15 is 0 Å². The third kappa shape index (κ3) is 4.97. The van der Waals surface area contributed by atoms with Gasteiger partial charge in [0, 0.05) is 13.1 Å². The van der Waals surface area contributed by atoms with Gasteiger partial charge in [0.15, 0.2) is 0 Å². The number of rotatable bonds is 7. The molecule has 4 N–H and O–H groups in total. The predicted octanol–water partition coefficient (Wildman–Crippen LogP) is 0.711. The Hall–Kier alpha value is -1.39. The van der Waals surface area contributed by atoms with Crippen molar-refractivity contribution in [3.8, 4) is 0 Å². The molecule has 4 nitrogen and oxygen atoms in total. The minimum Gasteiger partial charge on any atom is -0.368 e. The van der Waals surface area contributed by atoms with E-state index < -0.39 is 11.9 Å². The average Bonchev–Trinajstić information content (AvgIpc) is 2.30. The van der Waals surface area contributed by atoms with Gasteiger partial charge in [0.25, 0.3) is 0 Å². The second-order valence-electron chi connectivity index (χ2n) is 4.23. The van der Waals surface area contributed by atoms with Crippen molar-refractivity contribution < 1.29 is 4.79 Å². The minimum atomic E-state index is -0.592. The van der Waals surface area contributed by atoms with Gasteiger partial charge in [-0.25, -0.2) is 0 Å². The summed E-state index contributed by atoms with van der Waals surface area (Å²) in [5.41, 5.74) is 12.1. The van der Waals surface area contributed by atoms with Crippen molar-refractivity contribution in [1.82, 2.24) is 4.90 Å². The maximum atomic E-state index is 11.0. The Labute approximate surface area is 103 Å². The molecule has 0 saturated heterocycles. The lowest BCUT2D eigenvalue weighted by atomic mass is 10.2. The Kier molecular flexibility index (Phi) is 5.66. The van der Waals surface area contributed by atoms with Crippen LogP contribution in [0.1, 0.15) is 18.9 Å². The molecule has 0 fully saturated rings. The molecule has 0 aromatic heterocycles. The molecule has 0 aliphatic carbocycles. The van der Waals surface area contributed by atoms with Crippen LogP contribution < -0.4 is 11.5 Å². The van der Waals surface area contributed by atoms with Gasteiger partial charge in [-0.3, -0.25) is 9.69 Å². The first kappa shape index (κ1) is 13.7. The van der Waals surface area contributed by atoms with Crippen molar-refractivity contribution in [2.24, 2.45) is 11.5 Å². The zero-order valence-corrected chi connectivity index (χ0v) is 10.3. The molecule has 1 aromatic carbocycles. The number of primary amides is 1. The van der Waals surface area contributed by atoms with Gasteiger partial charge >= 0.3 is 0 Å². The lowest BCUT2D eigenvalue weighted by Crippen LogP contribution is -2.46. The van der Waals surface area contributed by atoms with Crippen molar-refractivity contribution in [3.63, 3.8) is 0 Å². The molecule has 0 spiro atoms. The van der Waals surface area contributed by atoms with Crippen LogP contribution in [0.15, 0.2) is 30.3 Å². The lowest BCUT2D eigenvalue weighted by molar-refractivity contribution is -0.119. The number of carbonyl (C=O) groups is 1. The summed E-state index contributed by atoms with van der Waals surface area (Å²) in [6.45, 7) is 4.33. The van der Waals surface area contributed by atoms with Gasteiger partial charge in [0.05, 0.1) is 6.04 Å². The zero-order chi connectivity index (χ0) is 12.7. The van der Waals surface area contributed by atoms with Crippen LogP contribution in [0.2, 0.25) is 0 Å². The maximum Gasteiger partial charge on any atom is 0.235 e. The van der Waals surface area contributed by atoms with E-state index in [1.807, 2.05) is 18.2 Å². The molecule has 4 heteroatoms. The summed E-state index contributed by atoms with van der Waals surface area (Å²) in [6, 6.07) is 9.55. The summed E-state index contributed by atoms with van der Waals surface area (Å²) in [6.07, 6.45) is 1.03. The molecule has 0 radical (unpaired) electrons. The van der Waals surface area contributed by atoms with Gasteiger partial charge in [-0.05, 0) is 18.5 Å². The normalized spacial score (nSPS) is 12.6. The topological polar surface area (TPSA) is 72.3 Å². The van der Waals surface area contributed by atoms with E-state index in [1.165, 1.54) is 5.56 Å². The molecule has 0 saturated carbocycles. The first-order valence-electron chi connectivity index (χ1n) is 5.94. The van der Waals surface area contributed by atoms with Gasteiger partial charge < -0.3 is 11.5 Å². The number of hydrogen-bond acceptors (Lipinski definition) is 3. The second-order valence-corrected chi connectivity index (χ2v) is 4.23. The monoisotopic (exact) mass is 235 g/mol. The van der Waals surface area contributed by atoms with E-state index in [0.717, 1.165) is 19.5 Å². The fourth-order valence-electron chi connectivity index (χ4n) is 1.76. The van der Waals surface area contributed by atoms with Gasteiger partial charge in [0.1, 0.15) is 0 Å². The highest BCUT2D eigenvalue weighted by Crippen LogP contribution is 2.05. The Morgan fingerprint density at radius 2 is 2.00 bits per heavy atom. The predicted molar refractivity (Wildman–Crippen MR) is 69.2 cm³/mol. The third-order valence-corrected chi connectivity index (χ3v) is 2.61. The molecule has 94 valence electrons. The van der Waals surface area contributed by atoms with Gasteiger partial charge in [0.2, 0.25) is 5.91 Å². The van der Waals surface area contributed by atoms with Crippen LogP contribution >= 0.6 is 0 Å². The van der Waals surface area contributed by atoms with Crippen molar-refractivity contribution >= 4 is 5.91 Å². The first-order chi connectivity index (χ1) is 8.13. The number of nitrogens with zero attached hydrogens (tertiary/aromatic N) is 1. The largest absolute Gasteiger partial charge is 0.368 e. The summed E-state index contributed by atoms with van der Waals surface area (Å²) >= 11 is 0. The van der Waals surface area contributed by atoms with Crippen molar-refractivity contribution in [1.29, 1.82) is 0 Å². The minimum absolute atomic E-state index is 0.445. The SMILES string of the molecule is CCCN(Cc1ccccc1)CC(N)C(N)=O. The fourth-order valence-corrected chi connectivity index (χ4v) is 1.76. The molecule has 0 bridgehead atoms. The molecule has 0 aliphatic heterocycles. The second kappa shape index (κ2) is 7.04. The molecular formula is C13H21N3O. The summed E-state index contributed by atoms with van der Waals surface area (Å²) in [5.74, 6) is -0.445. The first-order valence-corrected chi connectivity index (χ1v) is 5.94. The highest BCUT2D eigenvalue weighted by Gasteiger charge is 2.14. The van der Waals surface area contributed by atoms with Gasteiger partial charge in [-0.1, -0.05) is 37.3 Å². The number of carbonyl (C=O) groups excluding carboxylic acids is 1. The van der Waals surface area contributed by atoms with Gasteiger partial charge in [-0.15, -0.1) is 0 Å². The van der Waals surface area contributed by atoms with Crippen LogP contribution in [-0.2, 0) is 11.3 Å². The standard InChI is InChI=1S/C13H21N3O/c1-2-8-16(10-12(14)13(15)17)9-11-6-4-3-5-7-11/h3-7,12H,2,8-10,14H2,1H3,(H2,15,17). The Bertz CT molecular complexity index is 340. The van der Waals surface area contributed by atoms with Crippen molar-refractivity contribution in [3.05, 3.63) is 35.9 Å². The number of benzene rings is 1.